The fourth-order valence-corrected chi connectivity index (χ4v) is 1.83. The molecule has 0 unspecified atom stereocenters. The number of nitrogens with zero attached hydrogens (tertiary/aromatic N) is 2. The van der Waals surface area contributed by atoms with Gasteiger partial charge in [-0.2, -0.15) is 0 Å². The predicted octanol–water partition coefficient (Wildman–Crippen LogP) is 2.80. The van der Waals surface area contributed by atoms with Gasteiger partial charge in [0, 0.05) is 25.1 Å². The van der Waals surface area contributed by atoms with Crippen LogP contribution in [0, 0.1) is 0 Å². The number of likely N-dealkylation sites (N-methyl/N-ethyl adjacent to an activating group) is 1. The number of urea groups is 1. The zero-order valence-electron chi connectivity index (χ0n) is 12.1. The van der Waals surface area contributed by atoms with E-state index in [9.17, 15) is 9.59 Å². The maximum atomic E-state index is 12.2. The minimum atomic E-state index is -1.24. The molecule has 0 aliphatic heterocycles. The summed E-state index contributed by atoms with van der Waals surface area (Å²) in [6, 6.07) is 7.30. The number of benzene rings is 1. The van der Waals surface area contributed by atoms with E-state index in [1.165, 1.54) is 30.7 Å². The lowest BCUT2D eigenvalue weighted by Crippen LogP contribution is -2.54. The molecule has 5 nitrogen and oxygen atoms in total. The first-order valence-electron chi connectivity index (χ1n) is 6.13. The van der Waals surface area contributed by atoms with Crippen LogP contribution in [0.25, 0.3) is 0 Å². The van der Waals surface area contributed by atoms with Crippen LogP contribution in [0.5, 0.6) is 0 Å². The Morgan fingerprint density at radius 3 is 2.15 bits per heavy atom. The van der Waals surface area contributed by atoms with Gasteiger partial charge in [0.25, 0.3) is 0 Å². The van der Waals surface area contributed by atoms with Crippen molar-refractivity contribution in [2.24, 2.45) is 0 Å². The molecule has 110 valence electrons. The summed E-state index contributed by atoms with van der Waals surface area (Å²) < 4.78 is 0.972. The van der Waals surface area contributed by atoms with Crippen molar-refractivity contribution in [2.45, 2.75) is 25.9 Å². The first-order chi connectivity index (χ1) is 9.16. The highest BCUT2D eigenvalue weighted by Crippen LogP contribution is 2.16. The number of aliphatic carboxylic acids is 1. The minimum Gasteiger partial charge on any atom is -0.480 e. The highest BCUT2D eigenvalue weighted by atomic mass is 79.9. The van der Waals surface area contributed by atoms with Crippen molar-refractivity contribution >= 4 is 27.9 Å². The fourth-order valence-electron chi connectivity index (χ4n) is 1.57. The Morgan fingerprint density at radius 1 is 1.20 bits per heavy atom. The zero-order chi connectivity index (χ0) is 15.5. The van der Waals surface area contributed by atoms with E-state index in [0.29, 0.717) is 6.54 Å². The average molecular weight is 343 g/mol. The summed E-state index contributed by atoms with van der Waals surface area (Å²) in [5.41, 5.74) is -0.268. The Labute approximate surface area is 127 Å². The lowest BCUT2D eigenvalue weighted by atomic mass is 10.0. The monoisotopic (exact) mass is 342 g/mol. The summed E-state index contributed by atoms with van der Waals surface area (Å²) in [7, 11) is 3.15. The van der Waals surface area contributed by atoms with Crippen LogP contribution in [0.2, 0.25) is 0 Å². The summed E-state index contributed by atoms with van der Waals surface area (Å²) in [4.78, 5) is 26.1. The Balaban J connectivity index is 2.77. The van der Waals surface area contributed by atoms with Crippen molar-refractivity contribution in [3.8, 4) is 0 Å². The van der Waals surface area contributed by atoms with E-state index in [1.807, 2.05) is 24.3 Å². The van der Waals surface area contributed by atoms with Crippen molar-refractivity contribution in [3.63, 3.8) is 0 Å². The average Bonchev–Trinajstić information content (AvgIpc) is 2.39. The highest BCUT2D eigenvalue weighted by Gasteiger charge is 2.36. The molecule has 20 heavy (non-hydrogen) atoms. The Morgan fingerprint density at radius 2 is 1.70 bits per heavy atom. The van der Waals surface area contributed by atoms with Crippen LogP contribution in [0.3, 0.4) is 0 Å². The third kappa shape index (κ3) is 3.72. The molecule has 0 aliphatic rings. The van der Waals surface area contributed by atoms with Gasteiger partial charge in [0.1, 0.15) is 5.54 Å². The molecule has 0 fully saturated rings. The molecule has 0 saturated carbocycles. The van der Waals surface area contributed by atoms with Gasteiger partial charge in [-0.1, -0.05) is 28.1 Å². The number of hydrogen-bond acceptors (Lipinski definition) is 2. The van der Waals surface area contributed by atoms with Crippen molar-refractivity contribution in [1.82, 2.24) is 9.80 Å². The van der Waals surface area contributed by atoms with Gasteiger partial charge in [-0.25, -0.2) is 9.59 Å². The summed E-state index contributed by atoms with van der Waals surface area (Å²) in [5, 5.41) is 9.14. The fraction of sp³-hybridized carbons (Fsp3) is 0.429. The largest absolute Gasteiger partial charge is 0.480 e. The maximum absolute atomic E-state index is 12.2. The molecule has 1 aromatic carbocycles. The van der Waals surface area contributed by atoms with E-state index >= 15 is 0 Å². The van der Waals surface area contributed by atoms with Crippen molar-refractivity contribution in [3.05, 3.63) is 34.3 Å². The molecule has 0 bridgehead atoms. The van der Waals surface area contributed by atoms with Crippen molar-refractivity contribution in [2.75, 3.05) is 14.1 Å². The lowest BCUT2D eigenvalue weighted by molar-refractivity contribution is -0.147. The third-order valence-corrected chi connectivity index (χ3v) is 3.84. The molecule has 0 atom stereocenters. The molecule has 0 radical (unpaired) electrons. The van der Waals surface area contributed by atoms with Crippen LogP contribution in [0.4, 0.5) is 4.79 Å². The second kappa shape index (κ2) is 6.26. The molecule has 1 aromatic rings. The van der Waals surface area contributed by atoms with Gasteiger partial charge in [-0.15, -0.1) is 0 Å². The van der Waals surface area contributed by atoms with Crippen LogP contribution in [-0.4, -0.2) is 46.5 Å². The van der Waals surface area contributed by atoms with E-state index < -0.39 is 11.5 Å². The standard InChI is InChI=1S/C14H19BrN2O3/c1-14(2,12(18)19)17(4)13(20)16(3)9-10-5-7-11(15)8-6-10/h5-8H,9H2,1-4H3,(H,18,19). The molecule has 0 spiro atoms. The number of carboxylic acids is 1. The summed E-state index contributed by atoms with van der Waals surface area (Å²) in [6.45, 7) is 3.42. The van der Waals surface area contributed by atoms with Crippen LogP contribution >= 0.6 is 15.9 Å². The quantitative estimate of drug-likeness (QED) is 0.915. The molecular weight excluding hydrogens is 324 g/mol. The number of carbonyl (C=O) groups excluding carboxylic acids is 1. The molecule has 1 N–H and O–H groups in total. The lowest BCUT2D eigenvalue weighted by Gasteiger charge is -2.34. The minimum absolute atomic E-state index is 0.333. The van der Waals surface area contributed by atoms with Crippen LogP contribution in [0.15, 0.2) is 28.7 Å². The number of hydrogen-bond donors (Lipinski definition) is 1. The first-order valence-corrected chi connectivity index (χ1v) is 6.92. The molecule has 0 heterocycles. The van der Waals surface area contributed by atoms with E-state index in [1.54, 1.807) is 7.05 Å². The Kier molecular flexibility index (Phi) is 5.16. The maximum Gasteiger partial charge on any atom is 0.329 e. The molecular formula is C14H19BrN2O3. The van der Waals surface area contributed by atoms with Gasteiger partial charge in [0.15, 0.2) is 0 Å². The number of carbonyl (C=O) groups is 2. The Bertz CT molecular complexity index is 500. The number of halogens is 1. The molecule has 0 saturated heterocycles. The first kappa shape index (κ1) is 16.5. The SMILES string of the molecule is CN(Cc1ccc(Br)cc1)C(=O)N(C)C(C)(C)C(=O)O. The predicted molar refractivity (Wildman–Crippen MR) is 80.5 cm³/mol. The smallest absolute Gasteiger partial charge is 0.329 e. The molecule has 1 rings (SSSR count). The summed E-state index contributed by atoms with van der Waals surface area (Å²) in [5.74, 6) is -1.04. The van der Waals surface area contributed by atoms with Crippen LogP contribution in [-0.2, 0) is 11.3 Å². The number of amides is 2. The summed E-state index contributed by atoms with van der Waals surface area (Å²) >= 11 is 3.35. The van der Waals surface area contributed by atoms with Crippen molar-refractivity contribution < 1.29 is 14.7 Å². The zero-order valence-corrected chi connectivity index (χ0v) is 13.6. The van der Waals surface area contributed by atoms with Gasteiger partial charge in [-0.3, -0.25) is 0 Å². The van der Waals surface area contributed by atoms with Gasteiger partial charge in [0.2, 0.25) is 0 Å². The second-order valence-electron chi connectivity index (χ2n) is 5.19. The van der Waals surface area contributed by atoms with Crippen LogP contribution in [0.1, 0.15) is 19.4 Å². The van der Waals surface area contributed by atoms with Gasteiger partial charge < -0.3 is 14.9 Å². The van der Waals surface area contributed by atoms with E-state index in [4.69, 9.17) is 5.11 Å². The van der Waals surface area contributed by atoms with Crippen molar-refractivity contribution in [1.29, 1.82) is 0 Å². The molecule has 0 aromatic heterocycles. The summed E-state index contributed by atoms with van der Waals surface area (Å²) in [6.07, 6.45) is 0. The normalized spacial score (nSPS) is 11.1. The Hall–Kier alpha value is -1.56. The van der Waals surface area contributed by atoms with Gasteiger partial charge >= 0.3 is 12.0 Å². The highest BCUT2D eigenvalue weighted by molar-refractivity contribution is 9.10. The van der Waals surface area contributed by atoms with Gasteiger partial charge in [-0.05, 0) is 31.5 Å². The van der Waals surface area contributed by atoms with Gasteiger partial charge in [0.05, 0.1) is 0 Å². The molecule has 2 amide bonds. The number of carboxylic acid groups (broad SMARTS) is 1. The van der Waals surface area contributed by atoms with E-state index in [0.717, 1.165) is 10.0 Å². The number of rotatable bonds is 4. The topological polar surface area (TPSA) is 60.9 Å². The van der Waals surface area contributed by atoms with Crippen LogP contribution < -0.4 is 0 Å². The third-order valence-electron chi connectivity index (χ3n) is 3.31. The van der Waals surface area contributed by atoms with E-state index in [-0.39, 0.29) is 6.03 Å². The second-order valence-corrected chi connectivity index (χ2v) is 6.10. The molecule has 6 heteroatoms. The molecule has 0 aliphatic carbocycles. The van der Waals surface area contributed by atoms with E-state index in [2.05, 4.69) is 15.9 Å².